The highest BCUT2D eigenvalue weighted by molar-refractivity contribution is 5.85. The van der Waals surface area contributed by atoms with Gasteiger partial charge in [0.2, 0.25) is 0 Å². The maximum Gasteiger partial charge on any atom is 0.330 e. The Hall–Kier alpha value is -1.05. The Morgan fingerprint density at radius 3 is 2.67 bits per heavy atom. The molecule has 0 rings (SSSR count). The van der Waals surface area contributed by atoms with Crippen LogP contribution in [0.15, 0.2) is 24.3 Å². The second-order valence-electron chi connectivity index (χ2n) is 1.72. The van der Waals surface area contributed by atoms with Crippen LogP contribution in [-0.4, -0.2) is 11.1 Å². The first-order valence-corrected chi connectivity index (χ1v) is 2.69. The fourth-order valence-electron chi connectivity index (χ4n) is 0.347. The molecule has 9 heavy (non-hydrogen) atoms. The van der Waals surface area contributed by atoms with E-state index in [9.17, 15) is 4.79 Å². The van der Waals surface area contributed by atoms with E-state index in [-0.39, 0.29) is 0 Å². The van der Waals surface area contributed by atoms with Gasteiger partial charge in [-0.1, -0.05) is 12.2 Å². The van der Waals surface area contributed by atoms with Crippen LogP contribution < -0.4 is 0 Å². The molecular weight excluding hydrogens is 116 g/mol. The Bertz CT molecular complexity index is 145. The quantitative estimate of drug-likeness (QED) is 0.460. The summed E-state index contributed by atoms with van der Waals surface area (Å²) in [5.74, 6) is -0.864. The largest absolute Gasteiger partial charge is 0.478 e. The predicted octanol–water partition coefficient (Wildman–Crippen LogP) is 1.59. The van der Waals surface area contributed by atoms with Gasteiger partial charge in [-0.05, 0) is 13.3 Å². The lowest BCUT2D eigenvalue weighted by Crippen LogP contribution is -1.94. The Morgan fingerprint density at radius 1 is 1.78 bits per heavy atom. The van der Waals surface area contributed by atoms with Crippen LogP contribution in [0.3, 0.4) is 0 Å². The molecule has 0 saturated heterocycles. The van der Waals surface area contributed by atoms with E-state index in [1.807, 2.05) is 0 Å². The van der Waals surface area contributed by atoms with Gasteiger partial charge in [0.05, 0.1) is 0 Å². The predicted molar refractivity (Wildman–Crippen MR) is 36.2 cm³/mol. The molecule has 0 aliphatic carbocycles. The molecule has 0 aromatic carbocycles. The minimum atomic E-state index is -0.864. The van der Waals surface area contributed by atoms with Crippen LogP contribution in [0, 0.1) is 0 Å². The zero-order valence-electron chi connectivity index (χ0n) is 5.42. The Morgan fingerprint density at radius 2 is 2.33 bits per heavy atom. The van der Waals surface area contributed by atoms with Gasteiger partial charge >= 0.3 is 5.97 Å². The highest BCUT2D eigenvalue weighted by Crippen LogP contribution is 1.94. The molecule has 0 unspecified atom stereocenters. The van der Waals surface area contributed by atoms with Gasteiger partial charge in [0, 0.05) is 5.57 Å². The van der Waals surface area contributed by atoms with Crippen LogP contribution in [0.2, 0.25) is 0 Å². The average Bonchev–Trinajstić information content (AvgIpc) is 1.82. The average molecular weight is 126 g/mol. The molecule has 0 bridgehead atoms. The van der Waals surface area contributed by atoms with Crippen molar-refractivity contribution in [2.24, 2.45) is 0 Å². The van der Waals surface area contributed by atoms with Crippen LogP contribution in [-0.2, 0) is 4.79 Å². The second kappa shape index (κ2) is 3.89. The van der Waals surface area contributed by atoms with E-state index < -0.39 is 5.97 Å². The highest BCUT2D eigenvalue weighted by atomic mass is 16.4. The van der Waals surface area contributed by atoms with Crippen molar-refractivity contribution >= 4 is 5.97 Å². The van der Waals surface area contributed by atoms with Crippen LogP contribution in [0.4, 0.5) is 0 Å². The van der Waals surface area contributed by atoms with Crippen molar-refractivity contribution in [3.63, 3.8) is 0 Å². The van der Waals surface area contributed by atoms with E-state index >= 15 is 0 Å². The first-order chi connectivity index (χ1) is 4.18. The second-order valence-corrected chi connectivity index (χ2v) is 1.72. The fourth-order valence-corrected chi connectivity index (χ4v) is 0.347. The normalized spacial score (nSPS) is 11.0. The molecule has 0 saturated carbocycles. The molecule has 2 heteroatoms. The summed E-state index contributed by atoms with van der Waals surface area (Å²) in [4.78, 5) is 10.1. The van der Waals surface area contributed by atoms with Crippen molar-refractivity contribution in [2.75, 3.05) is 0 Å². The van der Waals surface area contributed by atoms with Crippen LogP contribution in [0.1, 0.15) is 13.3 Å². The zero-order chi connectivity index (χ0) is 7.28. The van der Waals surface area contributed by atoms with E-state index in [0.717, 1.165) is 0 Å². The summed E-state index contributed by atoms with van der Waals surface area (Å²) in [6.07, 6.45) is 3.90. The number of carbonyl (C=O) groups is 1. The number of rotatable bonds is 3. The number of carboxylic acids is 1. The third-order valence-electron chi connectivity index (χ3n) is 0.928. The Labute approximate surface area is 54.5 Å². The molecule has 0 aromatic heterocycles. The molecule has 0 amide bonds. The van der Waals surface area contributed by atoms with Gasteiger partial charge in [0.1, 0.15) is 0 Å². The van der Waals surface area contributed by atoms with E-state index in [1.165, 1.54) is 0 Å². The number of allylic oxidation sites excluding steroid dienone is 2. The third kappa shape index (κ3) is 3.53. The minimum absolute atomic E-state index is 0.370. The number of hydrogen-bond donors (Lipinski definition) is 1. The molecule has 0 aromatic rings. The van der Waals surface area contributed by atoms with Crippen molar-refractivity contribution in [3.05, 3.63) is 24.3 Å². The summed E-state index contributed by atoms with van der Waals surface area (Å²) in [5, 5.41) is 8.31. The molecule has 1 N–H and O–H groups in total. The zero-order valence-corrected chi connectivity index (χ0v) is 5.42. The van der Waals surface area contributed by atoms with Crippen LogP contribution >= 0.6 is 0 Å². The van der Waals surface area contributed by atoms with E-state index in [1.54, 1.807) is 19.1 Å². The Balaban J connectivity index is 3.83. The summed E-state index contributed by atoms with van der Waals surface area (Å²) >= 11 is 0. The number of carboxylic acid groups (broad SMARTS) is 1. The monoisotopic (exact) mass is 126 g/mol. The molecule has 0 fully saturated rings. The summed E-state index contributed by atoms with van der Waals surface area (Å²) in [6.45, 7) is 5.02. The minimum Gasteiger partial charge on any atom is -0.478 e. The molecular formula is C7H10O2. The number of aliphatic carboxylic acids is 1. The Kier molecular flexibility index (Phi) is 3.44. The molecule has 0 aliphatic heterocycles. The van der Waals surface area contributed by atoms with Gasteiger partial charge in [0.15, 0.2) is 0 Å². The number of hydrogen-bond acceptors (Lipinski definition) is 1. The molecule has 0 spiro atoms. The summed E-state index contributed by atoms with van der Waals surface area (Å²) < 4.78 is 0. The van der Waals surface area contributed by atoms with Gasteiger partial charge in [-0.2, -0.15) is 0 Å². The van der Waals surface area contributed by atoms with Crippen molar-refractivity contribution in [1.29, 1.82) is 0 Å². The topological polar surface area (TPSA) is 37.3 Å². The van der Waals surface area contributed by atoms with Crippen molar-refractivity contribution in [1.82, 2.24) is 0 Å². The third-order valence-corrected chi connectivity index (χ3v) is 0.928. The van der Waals surface area contributed by atoms with E-state index in [4.69, 9.17) is 5.11 Å². The first kappa shape index (κ1) is 7.95. The van der Waals surface area contributed by atoms with Crippen molar-refractivity contribution in [2.45, 2.75) is 13.3 Å². The summed E-state index contributed by atoms with van der Waals surface area (Å²) in [7, 11) is 0. The van der Waals surface area contributed by atoms with Crippen LogP contribution in [0.25, 0.3) is 0 Å². The van der Waals surface area contributed by atoms with Gasteiger partial charge in [0.25, 0.3) is 0 Å². The lowest BCUT2D eigenvalue weighted by molar-refractivity contribution is -0.132. The SMILES string of the molecule is C=CC/C=C(/C)C(=O)O. The van der Waals surface area contributed by atoms with Crippen molar-refractivity contribution < 1.29 is 9.90 Å². The van der Waals surface area contributed by atoms with E-state index in [0.29, 0.717) is 12.0 Å². The maximum absolute atomic E-state index is 10.1. The molecule has 2 nitrogen and oxygen atoms in total. The smallest absolute Gasteiger partial charge is 0.330 e. The molecule has 50 valence electrons. The standard InChI is InChI=1S/C7H10O2/c1-3-4-5-6(2)7(8)9/h3,5H,1,4H2,2H3,(H,8,9)/b6-5-. The molecule has 0 radical (unpaired) electrons. The summed E-state index contributed by atoms with van der Waals surface area (Å²) in [5.41, 5.74) is 0.370. The van der Waals surface area contributed by atoms with Gasteiger partial charge in [-0.15, -0.1) is 6.58 Å². The first-order valence-electron chi connectivity index (χ1n) is 2.69. The molecule has 0 atom stereocenters. The lowest BCUT2D eigenvalue weighted by Gasteiger charge is -1.87. The maximum atomic E-state index is 10.1. The van der Waals surface area contributed by atoms with Gasteiger partial charge in [-0.3, -0.25) is 0 Å². The highest BCUT2D eigenvalue weighted by Gasteiger charge is 1.95. The van der Waals surface area contributed by atoms with Crippen LogP contribution in [0.5, 0.6) is 0 Å². The molecule has 0 aliphatic rings. The fraction of sp³-hybridized carbons (Fsp3) is 0.286. The lowest BCUT2D eigenvalue weighted by atomic mass is 10.2. The van der Waals surface area contributed by atoms with Gasteiger partial charge < -0.3 is 5.11 Å². The molecule has 0 heterocycles. The van der Waals surface area contributed by atoms with Gasteiger partial charge in [-0.25, -0.2) is 4.79 Å². The van der Waals surface area contributed by atoms with Crippen molar-refractivity contribution in [3.8, 4) is 0 Å². The van der Waals surface area contributed by atoms with E-state index in [2.05, 4.69) is 6.58 Å². The summed E-state index contributed by atoms with van der Waals surface area (Å²) in [6, 6.07) is 0.